The van der Waals surface area contributed by atoms with Gasteiger partial charge in [0, 0.05) is 19.8 Å². The number of ether oxygens (including phenoxy) is 3. The fourth-order valence-corrected chi connectivity index (χ4v) is 1.52. The lowest BCUT2D eigenvalue weighted by Crippen LogP contribution is -2.56. The number of carbonyl (C=O) groups excluding carboxylic acids is 2. The second-order valence-electron chi connectivity index (χ2n) is 5.67. The van der Waals surface area contributed by atoms with Gasteiger partial charge in [-0.05, 0) is 13.8 Å². The van der Waals surface area contributed by atoms with Crippen molar-refractivity contribution >= 4 is 11.8 Å². The van der Waals surface area contributed by atoms with Crippen molar-refractivity contribution in [3.8, 4) is 0 Å². The Morgan fingerprint density at radius 2 is 1.19 bits per heavy atom. The van der Waals surface area contributed by atoms with E-state index in [1.165, 1.54) is 0 Å². The highest BCUT2D eigenvalue weighted by atomic mass is 19.4. The zero-order chi connectivity index (χ0) is 25.2. The summed E-state index contributed by atoms with van der Waals surface area (Å²) in [5.41, 5.74) is -2.31. The number of allylic oxidation sites excluding steroid dienone is 1. The summed E-state index contributed by atoms with van der Waals surface area (Å²) in [6.07, 6.45) is -33.8. The number of hydrogen-bond donors (Lipinski definition) is 0. The van der Waals surface area contributed by atoms with Crippen molar-refractivity contribution in [2.75, 3.05) is 20.7 Å². The van der Waals surface area contributed by atoms with Crippen LogP contribution in [0.4, 0.5) is 48.3 Å². The molecule has 0 aliphatic rings. The Hall–Kier alpha value is -2.17. The van der Waals surface area contributed by atoms with Crippen molar-refractivity contribution in [1.29, 1.82) is 0 Å². The van der Waals surface area contributed by atoms with Gasteiger partial charge in [0.15, 0.2) is 0 Å². The third-order valence-electron chi connectivity index (χ3n) is 3.19. The van der Waals surface area contributed by atoms with Crippen LogP contribution in [0.1, 0.15) is 13.8 Å². The highest BCUT2D eigenvalue weighted by molar-refractivity contribution is 6.20. The lowest BCUT2D eigenvalue weighted by atomic mass is 10.1. The molecule has 0 aromatic rings. The van der Waals surface area contributed by atoms with Crippen molar-refractivity contribution < 1.29 is 72.1 Å². The van der Waals surface area contributed by atoms with Crippen molar-refractivity contribution in [1.82, 2.24) is 4.90 Å². The van der Waals surface area contributed by atoms with Crippen molar-refractivity contribution in [3.63, 3.8) is 0 Å². The molecule has 0 unspecified atom stereocenters. The third-order valence-corrected chi connectivity index (χ3v) is 3.19. The second-order valence-corrected chi connectivity index (χ2v) is 5.67. The van der Waals surface area contributed by atoms with Gasteiger partial charge < -0.3 is 9.64 Å². The van der Waals surface area contributed by atoms with E-state index >= 15 is 0 Å². The molecule has 0 saturated carbocycles. The zero-order valence-electron chi connectivity index (χ0n) is 15.9. The van der Waals surface area contributed by atoms with Crippen molar-refractivity contribution in [2.45, 2.75) is 44.5 Å². The molecule has 0 heterocycles. The van der Waals surface area contributed by atoms with Crippen molar-refractivity contribution in [2.24, 2.45) is 0 Å². The summed E-state index contributed by atoms with van der Waals surface area (Å²) in [5, 5.41) is 0. The average Bonchev–Trinajstić information content (AvgIpc) is 2.51. The molecule has 0 N–H and O–H groups in total. The molecular formula is C14H14F11NO5. The van der Waals surface area contributed by atoms with Gasteiger partial charge in [0.05, 0.1) is 6.61 Å². The summed E-state index contributed by atoms with van der Waals surface area (Å²) in [6.45, 7) is 1.46. The van der Waals surface area contributed by atoms with Gasteiger partial charge in [-0.3, -0.25) is 4.79 Å². The minimum absolute atomic E-state index is 0.517. The summed E-state index contributed by atoms with van der Waals surface area (Å²) in [6, 6.07) is 0. The summed E-state index contributed by atoms with van der Waals surface area (Å²) >= 11 is 0. The molecule has 0 amide bonds. The summed E-state index contributed by atoms with van der Waals surface area (Å²) in [5.74, 6) is -4.80. The molecule has 182 valence electrons. The van der Waals surface area contributed by atoms with Crippen LogP contribution in [0, 0.1) is 0 Å². The average molecular weight is 485 g/mol. The smallest absolute Gasteiger partial charge is 0.462 e. The first kappa shape index (κ1) is 28.8. The predicted octanol–water partition coefficient (Wildman–Crippen LogP) is 3.92. The Kier molecular flexibility index (Phi) is 8.50. The normalized spacial score (nSPS) is 14.8. The predicted molar refractivity (Wildman–Crippen MR) is 76.0 cm³/mol. The van der Waals surface area contributed by atoms with Gasteiger partial charge in [0.1, 0.15) is 5.57 Å². The molecule has 0 aliphatic carbocycles. The van der Waals surface area contributed by atoms with Crippen LogP contribution < -0.4 is 0 Å². The van der Waals surface area contributed by atoms with Crippen LogP contribution in [-0.2, 0) is 23.8 Å². The lowest BCUT2D eigenvalue weighted by molar-refractivity contribution is -0.531. The summed E-state index contributed by atoms with van der Waals surface area (Å²) < 4.78 is 150. The quantitative estimate of drug-likeness (QED) is 0.154. The highest BCUT2D eigenvalue weighted by Gasteiger charge is 2.73. The Morgan fingerprint density at radius 3 is 1.55 bits per heavy atom. The molecule has 0 atom stereocenters. The van der Waals surface area contributed by atoms with E-state index in [2.05, 4.69) is 9.47 Å². The van der Waals surface area contributed by atoms with Crippen LogP contribution in [0.5, 0.6) is 0 Å². The monoisotopic (exact) mass is 485 g/mol. The lowest BCUT2D eigenvalue weighted by Gasteiger charge is -2.31. The number of Topliss-reactive ketones (excluding diaryl/α,β-unsaturated/α-hetero) is 1. The van der Waals surface area contributed by atoms with E-state index in [1.807, 2.05) is 0 Å². The maximum Gasteiger partial charge on any atom is 0.483 e. The summed E-state index contributed by atoms with van der Waals surface area (Å²) in [4.78, 5) is 24.4. The first-order valence-corrected chi connectivity index (χ1v) is 7.62. The van der Waals surface area contributed by atoms with E-state index in [4.69, 9.17) is 0 Å². The van der Waals surface area contributed by atoms with Crippen LogP contribution in [0.2, 0.25) is 0 Å². The first-order chi connectivity index (χ1) is 13.5. The minimum atomic E-state index is -7.01. The Balaban J connectivity index is 6.09. The number of esters is 1. The number of ketones is 1. The molecule has 6 nitrogen and oxygen atoms in total. The Labute approximate surface area is 166 Å². The van der Waals surface area contributed by atoms with Gasteiger partial charge in [-0.25, -0.2) is 14.3 Å². The fraction of sp³-hybridized carbons (Fsp3) is 0.714. The second kappa shape index (κ2) is 9.13. The number of hydrogen-bond acceptors (Lipinski definition) is 6. The molecule has 0 aromatic carbocycles. The SMILES string of the molecule is CCOC(=O)/C(C(=O)C(F)(F)OC(F)(F)C(F)(F)OC(F)(F)C(F)(F)F)=C(/C)N(C)C. The molecule has 31 heavy (non-hydrogen) atoms. The van der Waals surface area contributed by atoms with Crippen LogP contribution >= 0.6 is 0 Å². The van der Waals surface area contributed by atoms with Gasteiger partial charge in [0.25, 0.3) is 5.78 Å². The van der Waals surface area contributed by atoms with E-state index < -0.39 is 60.2 Å². The van der Waals surface area contributed by atoms with Gasteiger partial charge in [-0.1, -0.05) is 0 Å². The fourth-order valence-electron chi connectivity index (χ4n) is 1.52. The number of halogens is 11. The van der Waals surface area contributed by atoms with Gasteiger partial charge >= 0.3 is 36.6 Å². The van der Waals surface area contributed by atoms with Gasteiger partial charge in [-0.15, -0.1) is 0 Å². The number of rotatable bonds is 10. The Bertz CT molecular complexity index is 716. The van der Waals surface area contributed by atoms with E-state index in [0.717, 1.165) is 32.8 Å². The molecule has 0 saturated heterocycles. The van der Waals surface area contributed by atoms with Gasteiger partial charge in [0.2, 0.25) is 0 Å². The molecule has 0 spiro atoms. The molecule has 0 radical (unpaired) electrons. The molecule has 0 rings (SSSR count). The van der Waals surface area contributed by atoms with E-state index in [1.54, 1.807) is 4.74 Å². The minimum Gasteiger partial charge on any atom is -0.462 e. The molecule has 0 aliphatic heterocycles. The maximum atomic E-state index is 13.9. The largest absolute Gasteiger partial charge is 0.483 e. The van der Waals surface area contributed by atoms with Crippen LogP contribution in [0.3, 0.4) is 0 Å². The van der Waals surface area contributed by atoms with E-state index in [0.29, 0.717) is 0 Å². The standard InChI is InChI=1S/C14H14F11NO5/c1-5-29-9(28)7(6(2)26(3)4)8(27)10(15,16)30-13(22,23)14(24,25)31-12(20,21)11(17,18)19/h5H2,1-4H3/b7-6-. The molecular weight excluding hydrogens is 471 g/mol. The molecule has 17 heteroatoms. The molecule has 0 bridgehead atoms. The van der Waals surface area contributed by atoms with Crippen LogP contribution in [0.25, 0.3) is 0 Å². The highest BCUT2D eigenvalue weighted by Crippen LogP contribution is 2.47. The number of nitrogens with zero attached hydrogens (tertiary/aromatic N) is 1. The molecule has 0 aromatic heterocycles. The third kappa shape index (κ3) is 6.65. The Morgan fingerprint density at radius 1 is 0.774 bits per heavy atom. The van der Waals surface area contributed by atoms with Crippen LogP contribution in [0.15, 0.2) is 11.3 Å². The number of alkyl halides is 11. The summed E-state index contributed by atoms with van der Waals surface area (Å²) in [7, 11) is 2.16. The maximum absolute atomic E-state index is 13.9. The van der Waals surface area contributed by atoms with E-state index in [-0.39, 0.29) is 0 Å². The number of carbonyl (C=O) groups is 2. The molecule has 0 fully saturated rings. The van der Waals surface area contributed by atoms with Crippen molar-refractivity contribution in [3.05, 3.63) is 11.3 Å². The zero-order valence-corrected chi connectivity index (χ0v) is 15.9. The van der Waals surface area contributed by atoms with Gasteiger partial charge in [-0.2, -0.15) is 48.3 Å². The first-order valence-electron chi connectivity index (χ1n) is 7.62. The van der Waals surface area contributed by atoms with Crippen LogP contribution in [-0.4, -0.2) is 68.0 Å². The topological polar surface area (TPSA) is 65.1 Å². The van der Waals surface area contributed by atoms with E-state index in [9.17, 15) is 57.9 Å².